The number of hydrogen-bond acceptors (Lipinski definition) is 4. The summed E-state index contributed by atoms with van der Waals surface area (Å²) < 4.78 is 11.0. The molecule has 0 saturated heterocycles. The summed E-state index contributed by atoms with van der Waals surface area (Å²) in [6, 6.07) is 16.2. The van der Waals surface area contributed by atoms with E-state index in [1.807, 2.05) is 18.2 Å². The van der Waals surface area contributed by atoms with Crippen LogP contribution in [0.1, 0.15) is 43.0 Å². The fourth-order valence-electron chi connectivity index (χ4n) is 3.33. The Hall–Kier alpha value is -2.82. The molecule has 1 aliphatic carbocycles. The van der Waals surface area contributed by atoms with Crippen LogP contribution >= 0.6 is 0 Å². The number of rotatable bonds is 6. The van der Waals surface area contributed by atoms with Crippen LogP contribution in [-0.2, 0) is 9.53 Å². The van der Waals surface area contributed by atoms with Gasteiger partial charge in [0, 0.05) is 6.04 Å². The Kier molecular flexibility index (Phi) is 6.47. The number of para-hydroxylation sites is 2. The molecule has 0 unspecified atom stereocenters. The highest BCUT2D eigenvalue weighted by Crippen LogP contribution is 2.26. The van der Waals surface area contributed by atoms with Crippen LogP contribution in [0.5, 0.6) is 11.5 Å². The molecular weight excluding hydrogens is 342 g/mol. The van der Waals surface area contributed by atoms with Crippen LogP contribution in [0.15, 0.2) is 54.6 Å². The first kappa shape index (κ1) is 19.0. The Morgan fingerprint density at radius 1 is 1.00 bits per heavy atom. The maximum atomic E-state index is 12.4. The van der Waals surface area contributed by atoms with Gasteiger partial charge in [-0.2, -0.15) is 0 Å². The van der Waals surface area contributed by atoms with Crippen LogP contribution in [0.25, 0.3) is 0 Å². The van der Waals surface area contributed by atoms with Gasteiger partial charge in [0.15, 0.2) is 6.61 Å². The predicted octanol–water partition coefficient (Wildman–Crippen LogP) is 4.33. The van der Waals surface area contributed by atoms with E-state index in [0.29, 0.717) is 23.0 Å². The molecule has 1 fully saturated rings. The number of esters is 1. The second kappa shape index (κ2) is 9.21. The van der Waals surface area contributed by atoms with Crippen molar-refractivity contribution < 1.29 is 19.1 Å². The number of ether oxygens (including phenoxy) is 2. The van der Waals surface area contributed by atoms with E-state index < -0.39 is 5.97 Å². The lowest BCUT2D eigenvalue weighted by molar-refractivity contribution is -0.125. The molecule has 142 valence electrons. The van der Waals surface area contributed by atoms with Gasteiger partial charge < -0.3 is 14.8 Å². The third kappa shape index (κ3) is 5.33. The monoisotopic (exact) mass is 367 g/mol. The van der Waals surface area contributed by atoms with E-state index in [4.69, 9.17) is 9.47 Å². The molecule has 1 N–H and O–H groups in total. The summed E-state index contributed by atoms with van der Waals surface area (Å²) in [4.78, 5) is 24.6. The average molecular weight is 367 g/mol. The molecule has 2 atom stereocenters. The van der Waals surface area contributed by atoms with E-state index in [1.165, 1.54) is 6.42 Å². The maximum absolute atomic E-state index is 12.4. The summed E-state index contributed by atoms with van der Waals surface area (Å²) in [5.41, 5.74) is 0.292. The van der Waals surface area contributed by atoms with E-state index in [0.717, 1.165) is 19.3 Å². The Bertz CT molecular complexity index is 775. The molecule has 5 nitrogen and oxygen atoms in total. The number of carbonyl (C=O) groups excluding carboxylic acids is 2. The minimum atomic E-state index is -0.576. The lowest BCUT2D eigenvalue weighted by Crippen LogP contribution is -2.42. The summed E-state index contributed by atoms with van der Waals surface area (Å²) in [6.07, 6.45) is 4.43. The number of benzene rings is 2. The van der Waals surface area contributed by atoms with Crippen LogP contribution in [0.2, 0.25) is 0 Å². The van der Waals surface area contributed by atoms with Crippen LogP contribution in [0, 0.1) is 5.92 Å². The quantitative estimate of drug-likeness (QED) is 0.772. The zero-order valence-electron chi connectivity index (χ0n) is 15.5. The van der Waals surface area contributed by atoms with Gasteiger partial charge in [0.05, 0.1) is 0 Å². The fraction of sp³-hybridized carbons (Fsp3) is 0.364. The molecular formula is C22H25NO4. The highest BCUT2D eigenvalue weighted by Gasteiger charge is 2.23. The second-order valence-corrected chi connectivity index (χ2v) is 6.92. The second-order valence-electron chi connectivity index (χ2n) is 6.92. The van der Waals surface area contributed by atoms with Gasteiger partial charge in [-0.15, -0.1) is 0 Å². The van der Waals surface area contributed by atoms with Gasteiger partial charge >= 0.3 is 5.97 Å². The maximum Gasteiger partial charge on any atom is 0.342 e. The van der Waals surface area contributed by atoms with E-state index in [2.05, 4.69) is 12.2 Å². The lowest BCUT2D eigenvalue weighted by atomic mass is 9.86. The topological polar surface area (TPSA) is 64.6 Å². The number of amides is 1. The zero-order chi connectivity index (χ0) is 19.1. The van der Waals surface area contributed by atoms with Gasteiger partial charge in [-0.1, -0.05) is 50.1 Å². The molecule has 0 spiro atoms. The molecule has 5 heteroatoms. The average Bonchev–Trinajstić information content (AvgIpc) is 2.69. The smallest absolute Gasteiger partial charge is 0.342 e. The van der Waals surface area contributed by atoms with Crippen molar-refractivity contribution in [2.24, 2.45) is 5.92 Å². The van der Waals surface area contributed by atoms with Gasteiger partial charge in [-0.3, -0.25) is 4.79 Å². The fourth-order valence-corrected chi connectivity index (χ4v) is 3.33. The molecule has 0 radical (unpaired) electrons. The van der Waals surface area contributed by atoms with Gasteiger partial charge in [-0.05, 0) is 43.0 Å². The Labute approximate surface area is 159 Å². The van der Waals surface area contributed by atoms with E-state index >= 15 is 0 Å². The summed E-state index contributed by atoms with van der Waals surface area (Å²) in [5, 5.41) is 2.98. The predicted molar refractivity (Wildman–Crippen MR) is 103 cm³/mol. The zero-order valence-corrected chi connectivity index (χ0v) is 15.5. The molecule has 1 amide bonds. The van der Waals surface area contributed by atoms with Crippen LogP contribution < -0.4 is 10.1 Å². The minimum absolute atomic E-state index is 0.165. The third-order valence-corrected chi connectivity index (χ3v) is 4.87. The molecule has 3 rings (SSSR count). The molecule has 1 saturated carbocycles. The normalized spacial score (nSPS) is 19.1. The Morgan fingerprint density at radius 2 is 1.70 bits per heavy atom. The Balaban J connectivity index is 1.57. The summed E-state index contributed by atoms with van der Waals surface area (Å²) in [7, 11) is 0. The van der Waals surface area contributed by atoms with Gasteiger partial charge in [-0.25, -0.2) is 4.79 Å². The van der Waals surface area contributed by atoms with Crippen molar-refractivity contribution in [3.05, 3.63) is 60.2 Å². The van der Waals surface area contributed by atoms with Crippen molar-refractivity contribution in [1.82, 2.24) is 5.32 Å². The summed E-state index contributed by atoms with van der Waals surface area (Å²) >= 11 is 0. The van der Waals surface area contributed by atoms with Crippen molar-refractivity contribution in [2.75, 3.05) is 6.61 Å². The molecule has 0 aliphatic heterocycles. The lowest BCUT2D eigenvalue weighted by Gasteiger charge is -2.29. The van der Waals surface area contributed by atoms with E-state index in [-0.39, 0.29) is 18.6 Å². The van der Waals surface area contributed by atoms with Crippen molar-refractivity contribution >= 4 is 11.9 Å². The Morgan fingerprint density at radius 3 is 2.48 bits per heavy atom. The number of hydrogen-bond donors (Lipinski definition) is 1. The van der Waals surface area contributed by atoms with E-state index in [9.17, 15) is 9.59 Å². The first-order chi connectivity index (χ1) is 13.1. The van der Waals surface area contributed by atoms with Crippen molar-refractivity contribution in [3.8, 4) is 11.5 Å². The third-order valence-electron chi connectivity index (χ3n) is 4.87. The SMILES string of the molecule is C[C@@H]1CCCC[C@@H]1NC(=O)COC(=O)c1ccccc1Oc1ccccc1. The summed E-state index contributed by atoms with van der Waals surface area (Å²) in [6.45, 7) is 1.86. The molecule has 27 heavy (non-hydrogen) atoms. The minimum Gasteiger partial charge on any atom is -0.456 e. The highest BCUT2D eigenvalue weighted by atomic mass is 16.5. The van der Waals surface area contributed by atoms with Gasteiger partial charge in [0.25, 0.3) is 5.91 Å². The van der Waals surface area contributed by atoms with Gasteiger partial charge in [0.1, 0.15) is 17.1 Å². The van der Waals surface area contributed by atoms with Crippen LogP contribution in [-0.4, -0.2) is 24.5 Å². The standard InChI is InChI=1S/C22H25NO4/c1-16-9-5-7-13-19(16)23-21(24)15-26-22(25)18-12-6-8-14-20(18)27-17-10-3-2-4-11-17/h2-4,6,8,10-12,14,16,19H,5,7,9,13,15H2,1H3,(H,23,24)/t16-,19+/m1/s1. The highest BCUT2D eigenvalue weighted by molar-refractivity contribution is 5.94. The molecule has 0 bridgehead atoms. The van der Waals surface area contributed by atoms with Crippen molar-refractivity contribution in [3.63, 3.8) is 0 Å². The van der Waals surface area contributed by atoms with Gasteiger partial charge in [0.2, 0.25) is 0 Å². The summed E-state index contributed by atoms with van der Waals surface area (Å²) in [5.74, 6) is 0.645. The molecule has 0 aromatic heterocycles. The van der Waals surface area contributed by atoms with Crippen LogP contribution in [0.3, 0.4) is 0 Å². The number of carbonyl (C=O) groups is 2. The largest absolute Gasteiger partial charge is 0.456 e. The van der Waals surface area contributed by atoms with Crippen molar-refractivity contribution in [2.45, 2.75) is 38.6 Å². The van der Waals surface area contributed by atoms with Crippen LogP contribution in [0.4, 0.5) is 0 Å². The molecule has 2 aromatic rings. The molecule has 0 heterocycles. The first-order valence-corrected chi connectivity index (χ1v) is 9.42. The molecule has 2 aromatic carbocycles. The van der Waals surface area contributed by atoms with Crippen molar-refractivity contribution in [1.29, 1.82) is 0 Å². The number of nitrogens with one attached hydrogen (secondary N) is 1. The first-order valence-electron chi connectivity index (χ1n) is 9.42. The molecule has 1 aliphatic rings. The van der Waals surface area contributed by atoms with E-state index in [1.54, 1.807) is 36.4 Å².